The molecule has 5 nitrogen and oxygen atoms in total. The fraction of sp³-hybridized carbons (Fsp3) is 0.778. The SMILES string of the molecule is CCC(CC)(C(=O)O)S(=O)(=O)CC(C)=O. The average Bonchev–Trinajstić information content (AvgIpc) is 2.03. The Hall–Kier alpha value is -0.910. The molecule has 0 saturated carbocycles. The van der Waals surface area contributed by atoms with E-state index in [1.807, 2.05) is 0 Å². The number of carboxylic acids is 1. The minimum atomic E-state index is -3.93. The molecule has 0 heterocycles. The number of carbonyl (C=O) groups excluding carboxylic acids is 1. The van der Waals surface area contributed by atoms with E-state index in [0.717, 1.165) is 6.92 Å². The molecule has 0 rings (SSSR count). The maximum Gasteiger partial charge on any atom is 0.325 e. The zero-order valence-corrected chi connectivity index (χ0v) is 9.93. The molecule has 0 aliphatic rings. The number of ketones is 1. The highest BCUT2D eigenvalue weighted by atomic mass is 32.2. The molecule has 0 aliphatic heterocycles. The van der Waals surface area contributed by atoms with E-state index >= 15 is 0 Å². The van der Waals surface area contributed by atoms with Crippen LogP contribution in [0.5, 0.6) is 0 Å². The quantitative estimate of drug-likeness (QED) is 0.730. The number of hydrogen-bond acceptors (Lipinski definition) is 4. The Morgan fingerprint density at radius 1 is 1.20 bits per heavy atom. The number of carbonyl (C=O) groups is 2. The highest BCUT2D eigenvalue weighted by Gasteiger charge is 2.48. The molecule has 0 aromatic heterocycles. The van der Waals surface area contributed by atoms with Crippen LogP contribution in [-0.2, 0) is 19.4 Å². The number of hydrogen-bond donors (Lipinski definition) is 1. The molecule has 0 radical (unpaired) electrons. The van der Waals surface area contributed by atoms with Crippen LogP contribution in [0.3, 0.4) is 0 Å². The lowest BCUT2D eigenvalue weighted by atomic mass is 10.0. The van der Waals surface area contributed by atoms with Crippen molar-refractivity contribution in [2.24, 2.45) is 0 Å². The summed E-state index contributed by atoms with van der Waals surface area (Å²) in [6, 6.07) is 0. The topological polar surface area (TPSA) is 88.5 Å². The van der Waals surface area contributed by atoms with Crippen LogP contribution in [0.15, 0.2) is 0 Å². The lowest BCUT2D eigenvalue weighted by Gasteiger charge is -2.25. The van der Waals surface area contributed by atoms with Crippen LogP contribution in [0, 0.1) is 0 Å². The third kappa shape index (κ3) is 2.56. The lowest BCUT2D eigenvalue weighted by molar-refractivity contribution is -0.140. The summed E-state index contributed by atoms with van der Waals surface area (Å²) in [5, 5.41) is 8.98. The molecule has 0 unspecified atom stereocenters. The van der Waals surface area contributed by atoms with Gasteiger partial charge in [0.15, 0.2) is 14.6 Å². The Labute approximate surface area is 89.4 Å². The molecule has 0 saturated heterocycles. The molecule has 0 bridgehead atoms. The first-order valence-electron chi connectivity index (χ1n) is 4.68. The van der Waals surface area contributed by atoms with Crippen LogP contribution < -0.4 is 0 Å². The smallest absolute Gasteiger partial charge is 0.325 e. The van der Waals surface area contributed by atoms with Gasteiger partial charge in [0.05, 0.1) is 0 Å². The van der Waals surface area contributed by atoms with E-state index in [1.165, 1.54) is 13.8 Å². The average molecular weight is 236 g/mol. The summed E-state index contributed by atoms with van der Waals surface area (Å²) in [5.74, 6) is -2.63. The van der Waals surface area contributed by atoms with Crippen molar-refractivity contribution in [3.8, 4) is 0 Å². The molecular formula is C9H16O5S. The molecule has 6 heteroatoms. The first-order chi connectivity index (χ1) is 6.73. The third-order valence-corrected chi connectivity index (χ3v) is 5.25. The molecule has 88 valence electrons. The van der Waals surface area contributed by atoms with E-state index in [1.54, 1.807) is 0 Å². The van der Waals surface area contributed by atoms with Crippen molar-refractivity contribution in [3.05, 3.63) is 0 Å². The molecule has 0 spiro atoms. The van der Waals surface area contributed by atoms with Gasteiger partial charge in [0.1, 0.15) is 11.5 Å². The minimum Gasteiger partial charge on any atom is -0.480 e. The monoisotopic (exact) mass is 236 g/mol. The van der Waals surface area contributed by atoms with Gasteiger partial charge in [0.25, 0.3) is 0 Å². The molecule has 0 amide bonds. The van der Waals surface area contributed by atoms with Gasteiger partial charge in [-0.2, -0.15) is 0 Å². The summed E-state index contributed by atoms with van der Waals surface area (Å²) in [6.07, 6.45) is -0.0666. The molecule has 0 fully saturated rings. The predicted octanol–water partition coefficient (Wildman–Crippen LogP) is 0.634. The van der Waals surface area contributed by atoms with E-state index in [4.69, 9.17) is 5.11 Å². The van der Waals surface area contributed by atoms with Gasteiger partial charge >= 0.3 is 5.97 Å². The summed E-state index contributed by atoms with van der Waals surface area (Å²) in [7, 11) is -3.93. The van der Waals surface area contributed by atoms with Crippen LogP contribution in [0.4, 0.5) is 0 Å². The fourth-order valence-electron chi connectivity index (χ4n) is 1.53. The summed E-state index contributed by atoms with van der Waals surface area (Å²) in [6.45, 7) is 4.13. The second-order valence-corrected chi connectivity index (χ2v) is 5.77. The van der Waals surface area contributed by atoms with Crippen LogP contribution in [0.1, 0.15) is 33.6 Å². The van der Waals surface area contributed by atoms with Crippen LogP contribution in [0.2, 0.25) is 0 Å². The van der Waals surface area contributed by atoms with E-state index in [2.05, 4.69) is 0 Å². The number of Topliss-reactive ketones (excluding diaryl/α,β-unsaturated/α-hetero) is 1. The van der Waals surface area contributed by atoms with E-state index in [0.29, 0.717) is 0 Å². The minimum absolute atomic E-state index is 0.0333. The summed E-state index contributed by atoms with van der Waals surface area (Å²) >= 11 is 0. The van der Waals surface area contributed by atoms with E-state index in [9.17, 15) is 18.0 Å². The Morgan fingerprint density at radius 3 is 1.80 bits per heavy atom. The van der Waals surface area contributed by atoms with Gasteiger partial charge in [0, 0.05) is 0 Å². The molecule has 0 atom stereocenters. The van der Waals surface area contributed by atoms with Gasteiger partial charge in [-0.1, -0.05) is 13.8 Å². The van der Waals surface area contributed by atoms with E-state index in [-0.39, 0.29) is 12.8 Å². The standard InChI is InChI=1S/C9H16O5S/c1-4-9(5-2,8(11)12)15(13,14)6-7(3)10/h4-6H2,1-3H3,(H,11,12). The van der Waals surface area contributed by atoms with Gasteiger partial charge < -0.3 is 5.11 Å². The van der Waals surface area contributed by atoms with Gasteiger partial charge in [0.2, 0.25) is 0 Å². The van der Waals surface area contributed by atoms with Gasteiger partial charge in [-0.15, -0.1) is 0 Å². The maximum atomic E-state index is 11.8. The highest BCUT2D eigenvalue weighted by Crippen LogP contribution is 2.27. The van der Waals surface area contributed by atoms with Gasteiger partial charge in [-0.25, -0.2) is 8.42 Å². The fourth-order valence-corrected chi connectivity index (χ4v) is 3.49. The summed E-state index contributed by atoms with van der Waals surface area (Å²) in [5.41, 5.74) is 0. The van der Waals surface area contributed by atoms with Gasteiger partial charge in [-0.05, 0) is 19.8 Å². The first-order valence-corrected chi connectivity index (χ1v) is 6.34. The second kappa shape index (κ2) is 4.74. The van der Waals surface area contributed by atoms with Crippen molar-refractivity contribution < 1.29 is 23.1 Å². The number of carboxylic acid groups (broad SMARTS) is 1. The molecule has 0 aliphatic carbocycles. The number of aliphatic carboxylic acids is 1. The lowest BCUT2D eigenvalue weighted by Crippen LogP contribution is -2.47. The molecule has 15 heavy (non-hydrogen) atoms. The van der Waals surface area contributed by atoms with Gasteiger partial charge in [-0.3, -0.25) is 9.59 Å². The Bertz CT molecular complexity index is 351. The summed E-state index contributed by atoms with van der Waals surface area (Å²) in [4.78, 5) is 21.8. The number of rotatable bonds is 6. The molecule has 0 aromatic carbocycles. The van der Waals surface area contributed by atoms with Crippen molar-refractivity contribution in [2.75, 3.05) is 5.75 Å². The molecular weight excluding hydrogens is 220 g/mol. The zero-order valence-electron chi connectivity index (χ0n) is 9.11. The van der Waals surface area contributed by atoms with Crippen LogP contribution in [0.25, 0.3) is 0 Å². The Morgan fingerprint density at radius 2 is 1.60 bits per heavy atom. The normalized spacial score (nSPS) is 12.5. The number of sulfone groups is 1. The largest absolute Gasteiger partial charge is 0.480 e. The second-order valence-electron chi connectivity index (χ2n) is 3.47. The molecule has 1 N–H and O–H groups in total. The van der Waals surface area contributed by atoms with Crippen molar-refractivity contribution in [1.82, 2.24) is 0 Å². The van der Waals surface area contributed by atoms with Crippen LogP contribution >= 0.6 is 0 Å². The Kier molecular flexibility index (Phi) is 4.45. The Balaban J connectivity index is 5.44. The highest BCUT2D eigenvalue weighted by molar-refractivity contribution is 7.94. The van der Waals surface area contributed by atoms with Crippen LogP contribution in [-0.4, -0.2) is 35.8 Å². The third-order valence-electron chi connectivity index (χ3n) is 2.52. The zero-order chi connectivity index (χ0) is 12.3. The van der Waals surface area contributed by atoms with E-state index < -0.39 is 32.1 Å². The molecule has 0 aromatic rings. The maximum absolute atomic E-state index is 11.8. The van der Waals surface area contributed by atoms with Crippen molar-refractivity contribution >= 4 is 21.6 Å². The predicted molar refractivity (Wildman–Crippen MR) is 55.4 cm³/mol. The van der Waals surface area contributed by atoms with Crippen molar-refractivity contribution in [1.29, 1.82) is 0 Å². The van der Waals surface area contributed by atoms with Crippen molar-refractivity contribution in [3.63, 3.8) is 0 Å². The first kappa shape index (κ1) is 14.1. The summed E-state index contributed by atoms with van der Waals surface area (Å²) < 4.78 is 21.7. The van der Waals surface area contributed by atoms with Crippen molar-refractivity contribution in [2.45, 2.75) is 38.4 Å².